The minimum Gasteiger partial charge on any atom is -0.479 e. The zero-order valence-corrected chi connectivity index (χ0v) is 11.2. The molecule has 0 radical (unpaired) electrons. The van der Waals surface area contributed by atoms with Gasteiger partial charge >= 0.3 is 11.9 Å². The summed E-state index contributed by atoms with van der Waals surface area (Å²) in [5.74, 6) is -1.93. The SMILES string of the molecule is CC(C)(CO)OC(=O)C1(C(=O)O)Cc2cccnc2N1. The summed E-state index contributed by atoms with van der Waals surface area (Å²) in [6, 6.07) is 3.37. The van der Waals surface area contributed by atoms with Crippen LogP contribution >= 0.6 is 0 Å². The number of fused-ring (bicyclic) bond motifs is 1. The summed E-state index contributed by atoms with van der Waals surface area (Å²) in [5, 5.41) is 21.2. The number of carbonyl (C=O) groups is 2. The summed E-state index contributed by atoms with van der Waals surface area (Å²) < 4.78 is 5.11. The van der Waals surface area contributed by atoms with Crippen LogP contribution in [0.4, 0.5) is 5.82 Å². The molecular weight excluding hydrogens is 264 g/mol. The summed E-state index contributed by atoms with van der Waals surface area (Å²) in [5.41, 5.74) is -2.42. The number of carboxylic acid groups (broad SMARTS) is 1. The number of anilines is 1. The number of rotatable bonds is 4. The minimum atomic E-state index is -1.90. The molecule has 0 bridgehead atoms. The summed E-state index contributed by atoms with van der Waals surface area (Å²) >= 11 is 0. The van der Waals surface area contributed by atoms with Crippen LogP contribution in [0.5, 0.6) is 0 Å². The lowest BCUT2D eigenvalue weighted by Crippen LogP contribution is -2.55. The van der Waals surface area contributed by atoms with Gasteiger partial charge in [0.05, 0.1) is 6.61 Å². The van der Waals surface area contributed by atoms with E-state index in [1.807, 2.05) is 0 Å². The van der Waals surface area contributed by atoms with Crippen LogP contribution < -0.4 is 5.32 Å². The molecule has 1 atom stereocenters. The van der Waals surface area contributed by atoms with Crippen LogP contribution in [0.2, 0.25) is 0 Å². The number of carboxylic acids is 1. The van der Waals surface area contributed by atoms with Gasteiger partial charge in [-0.05, 0) is 25.5 Å². The number of esters is 1. The van der Waals surface area contributed by atoms with E-state index in [0.29, 0.717) is 11.4 Å². The maximum absolute atomic E-state index is 12.2. The fraction of sp³-hybridized carbons (Fsp3) is 0.462. The average Bonchev–Trinajstić information content (AvgIpc) is 2.79. The lowest BCUT2D eigenvalue weighted by molar-refractivity contribution is -0.171. The average molecular weight is 280 g/mol. The number of ether oxygens (including phenoxy) is 1. The van der Waals surface area contributed by atoms with Crippen molar-refractivity contribution < 1.29 is 24.5 Å². The van der Waals surface area contributed by atoms with Crippen molar-refractivity contribution in [3.63, 3.8) is 0 Å². The molecule has 3 N–H and O–H groups in total. The molecule has 1 aromatic heterocycles. The number of aliphatic hydroxyl groups excluding tert-OH is 1. The van der Waals surface area contributed by atoms with Gasteiger partial charge in [0, 0.05) is 12.6 Å². The molecule has 7 nitrogen and oxygen atoms in total. The number of nitrogens with zero attached hydrogens (tertiary/aromatic N) is 1. The molecule has 1 aromatic rings. The third-order valence-electron chi connectivity index (χ3n) is 3.14. The van der Waals surface area contributed by atoms with Gasteiger partial charge in [-0.1, -0.05) is 6.07 Å². The van der Waals surface area contributed by atoms with E-state index in [4.69, 9.17) is 9.84 Å². The summed E-state index contributed by atoms with van der Waals surface area (Å²) in [6.45, 7) is 2.60. The zero-order valence-electron chi connectivity index (χ0n) is 11.2. The molecule has 1 aliphatic heterocycles. The van der Waals surface area contributed by atoms with Gasteiger partial charge in [-0.25, -0.2) is 14.6 Å². The monoisotopic (exact) mass is 280 g/mol. The van der Waals surface area contributed by atoms with Crippen molar-refractivity contribution in [2.75, 3.05) is 11.9 Å². The Kier molecular flexibility index (Phi) is 3.39. The molecule has 0 aliphatic carbocycles. The first kappa shape index (κ1) is 14.3. The van der Waals surface area contributed by atoms with Crippen LogP contribution in [0.25, 0.3) is 0 Å². The van der Waals surface area contributed by atoms with E-state index in [2.05, 4.69) is 10.3 Å². The molecule has 2 rings (SSSR count). The number of hydrogen-bond donors (Lipinski definition) is 3. The molecule has 0 spiro atoms. The van der Waals surface area contributed by atoms with E-state index in [1.54, 1.807) is 12.1 Å². The second-order valence-electron chi connectivity index (χ2n) is 5.33. The Balaban J connectivity index is 2.31. The van der Waals surface area contributed by atoms with Gasteiger partial charge in [0.2, 0.25) is 5.54 Å². The van der Waals surface area contributed by atoms with Crippen LogP contribution in [0.1, 0.15) is 19.4 Å². The molecule has 0 saturated carbocycles. The predicted octanol–water partition coefficient (Wildman–Crippen LogP) is 0.187. The lowest BCUT2D eigenvalue weighted by Gasteiger charge is -2.29. The summed E-state index contributed by atoms with van der Waals surface area (Å²) in [4.78, 5) is 27.8. The van der Waals surface area contributed by atoms with Crippen LogP contribution in [0, 0.1) is 0 Å². The number of carbonyl (C=O) groups excluding carboxylic acids is 1. The van der Waals surface area contributed by atoms with Crippen molar-refractivity contribution in [3.05, 3.63) is 23.9 Å². The molecule has 0 aromatic carbocycles. The number of aliphatic carboxylic acids is 1. The predicted molar refractivity (Wildman–Crippen MR) is 69.2 cm³/mol. The first-order valence-electron chi connectivity index (χ1n) is 6.10. The number of pyridine rings is 1. The molecule has 20 heavy (non-hydrogen) atoms. The van der Waals surface area contributed by atoms with E-state index < -0.39 is 29.7 Å². The normalized spacial score (nSPS) is 20.9. The standard InChI is InChI=1S/C13H16N2O5/c1-12(2,7-16)20-11(19)13(10(17)18)6-8-4-3-5-14-9(8)15-13/h3-5,16H,6-7H2,1-2H3,(H,14,15)(H,17,18). The molecule has 0 amide bonds. The van der Waals surface area contributed by atoms with Gasteiger partial charge in [0.25, 0.3) is 0 Å². The number of aliphatic hydroxyl groups is 1. The van der Waals surface area contributed by atoms with E-state index in [1.165, 1.54) is 20.0 Å². The van der Waals surface area contributed by atoms with E-state index in [9.17, 15) is 14.7 Å². The number of hydrogen-bond acceptors (Lipinski definition) is 6. The van der Waals surface area contributed by atoms with Gasteiger partial charge in [0.1, 0.15) is 11.4 Å². The maximum Gasteiger partial charge on any atom is 0.344 e. The van der Waals surface area contributed by atoms with Crippen molar-refractivity contribution in [3.8, 4) is 0 Å². The first-order valence-corrected chi connectivity index (χ1v) is 6.10. The molecule has 0 saturated heterocycles. The van der Waals surface area contributed by atoms with Crippen LogP contribution in [-0.4, -0.2) is 44.9 Å². The van der Waals surface area contributed by atoms with Crippen molar-refractivity contribution in [1.29, 1.82) is 0 Å². The lowest BCUT2D eigenvalue weighted by atomic mass is 9.95. The quantitative estimate of drug-likeness (QED) is 0.533. The van der Waals surface area contributed by atoms with E-state index >= 15 is 0 Å². The Labute approximate surface area is 115 Å². The second kappa shape index (κ2) is 4.75. The number of aromatic nitrogens is 1. The molecule has 1 aliphatic rings. The zero-order chi connectivity index (χ0) is 15.0. The van der Waals surface area contributed by atoms with Gasteiger partial charge in [-0.2, -0.15) is 0 Å². The van der Waals surface area contributed by atoms with Crippen molar-refractivity contribution in [1.82, 2.24) is 4.98 Å². The van der Waals surface area contributed by atoms with Gasteiger partial charge in [0.15, 0.2) is 0 Å². The van der Waals surface area contributed by atoms with Gasteiger partial charge < -0.3 is 20.3 Å². The highest BCUT2D eigenvalue weighted by Crippen LogP contribution is 2.32. The third kappa shape index (κ3) is 2.32. The van der Waals surface area contributed by atoms with Crippen molar-refractivity contribution >= 4 is 17.8 Å². The third-order valence-corrected chi connectivity index (χ3v) is 3.14. The van der Waals surface area contributed by atoms with E-state index in [-0.39, 0.29) is 6.42 Å². The molecule has 1 unspecified atom stereocenters. The van der Waals surface area contributed by atoms with Gasteiger partial charge in [-0.3, -0.25) is 0 Å². The first-order chi connectivity index (χ1) is 9.31. The minimum absolute atomic E-state index is 0.0498. The Bertz CT molecular complexity index is 530. The van der Waals surface area contributed by atoms with Crippen LogP contribution in [-0.2, 0) is 20.7 Å². The highest BCUT2D eigenvalue weighted by atomic mass is 16.6. The topological polar surface area (TPSA) is 109 Å². The Morgan fingerprint density at radius 1 is 1.55 bits per heavy atom. The van der Waals surface area contributed by atoms with Crippen molar-refractivity contribution in [2.45, 2.75) is 31.4 Å². The molecule has 108 valence electrons. The summed E-state index contributed by atoms with van der Waals surface area (Å²) in [6.07, 6.45) is 1.46. The Morgan fingerprint density at radius 2 is 2.25 bits per heavy atom. The Morgan fingerprint density at radius 3 is 2.80 bits per heavy atom. The second-order valence-corrected chi connectivity index (χ2v) is 5.33. The Hall–Kier alpha value is -2.15. The van der Waals surface area contributed by atoms with Gasteiger partial charge in [-0.15, -0.1) is 0 Å². The molecule has 0 fully saturated rings. The molecule has 2 heterocycles. The highest BCUT2D eigenvalue weighted by Gasteiger charge is 2.53. The largest absolute Gasteiger partial charge is 0.479 e. The smallest absolute Gasteiger partial charge is 0.344 e. The fourth-order valence-corrected chi connectivity index (χ4v) is 1.94. The highest BCUT2D eigenvalue weighted by molar-refractivity contribution is 6.08. The maximum atomic E-state index is 12.2. The van der Waals surface area contributed by atoms with E-state index in [0.717, 1.165) is 0 Å². The summed E-state index contributed by atoms with van der Waals surface area (Å²) in [7, 11) is 0. The molecular formula is C13H16N2O5. The van der Waals surface area contributed by atoms with Crippen molar-refractivity contribution in [2.24, 2.45) is 0 Å². The fourth-order valence-electron chi connectivity index (χ4n) is 1.94. The molecule has 7 heteroatoms. The van der Waals surface area contributed by atoms with Crippen LogP contribution in [0.15, 0.2) is 18.3 Å². The van der Waals surface area contributed by atoms with Crippen LogP contribution in [0.3, 0.4) is 0 Å². The number of nitrogens with one attached hydrogen (secondary N) is 1.